The molecule has 2 heterocycles. The van der Waals surface area contributed by atoms with Crippen LogP contribution in [-0.2, 0) is 14.2 Å². The van der Waals surface area contributed by atoms with Crippen LogP contribution in [0, 0.1) is 17.8 Å². The van der Waals surface area contributed by atoms with Crippen molar-refractivity contribution in [3.63, 3.8) is 0 Å². The van der Waals surface area contributed by atoms with Crippen molar-refractivity contribution in [1.29, 1.82) is 0 Å². The zero-order chi connectivity index (χ0) is 24.4. The lowest BCUT2D eigenvalue weighted by Crippen LogP contribution is -2.46. The van der Waals surface area contributed by atoms with Crippen molar-refractivity contribution in [3.05, 3.63) is 46.5 Å². The highest BCUT2D eigenvalue weighted by molar-refractivity contribution is 6.43. The summed E-state index contributed by atoms with van der Waals surface area (Å²) in [6, 6.07) is 7.25. The maximum Gasteiger partial charge on any atom is 0.455 e. The van der Waals surface area contributed by atoms with Gasteiger partial charge in [-0.1, -0.05) is 56.0 Å². The minimum atomic E-state index is -0.932. The third-order valence-electron chi connectivity index (χ3n) is 7.62. The summed E-state index contributed by atoms with van der Waals surface area (Å²) in [5.41, 5.74) is 4.65. The number of likely N-dealkylation sites (tertiary alicyclic amines) is 1. The quantitative estimate of drug-likeness (QED) is 0.333. The molecular weight excluding hydrogens is 429 g/mol. The standard InChI is InChI=1S/C27H36BNO5/c1-4-7-17(13-18-9-6-10-20(30)14-18)11-12-23-24-19(8-5-2)15-21-25(22(24)16-28(33)34-23)27(32)29(3)26(21)31/h6,9-10,13-14,21-23,25,30,33H,4-5,7-8,11-12,15-16H2,1-3H3/b17-13+/t21-,22+,23-,25-/m1/s1. The van der Waals surface area contributed by atoms with Crippen molar-refractivity contribution >= 4 is 25.0 Å². The van der Waals surface area contributed by atoms with Gasteiger partial charge in [0.15, 0.2) is 0 Å². The van der Waals surface area contributed by atoms with Gasteiger partial charge in [0.05, 0.1) is 17.9 Å². The average Bonchev–Trinajstić information content (AvgIpc) is 3.01. The molecular formula is C27H36BNO5. The second-order valence-electron chi connectivity index (χ2n) is 9.99. The van der Waals surface area contributed by atoms with Gasteiger partial charge in [-0.2, -0.15) is 0 Å². The molecule has 0 unspecified atom stereocenters. The molecule has 34 heavy (non-hydrogen) atoms. The molecule has 3 aliphatic rings. The van der Waals surface area contributed by atoms with Gasteiger partial charge in [0, 0.05) is 7.05 Å². The topological polar surface area (TPSA) is 87.1 Å². The lowest BCUT2D eigenvalue weighted by molar-refractivity contribution is -0.138. The van der Waals surface area contributed by atoms with Gasteiger partial charge in [0.2, 0.25) is 11.8 Å². The molecule has 4 atom stereocenters. The van der Waals surface area contributed by atoms with Crippen molar-refractivity contribution in [2.45, 2.75) is 71.2 Å². The molecule has 2 fully saturated rings. The van der Waals surface area contributed by atoms with E-state index in [1.807, 2.05) is 12.1 Å². The van der Waals surface area contributed by atoms with Crippen molar-refractivity contribution in [3.8, 4) is 5.75 Å². The normalized spacial score (nSPS) is 27.4. The number of phenols is 1. The van der Waals surface area contributed by atoms with Crippen LogP contribution in [0.25, 0.3) is 6.08 Å². The lowest BCUT2D eigenvalue weighted by atomic mass is 9.58. The summed E-state index contributed by atoms with van der Waals surface area (Å²) < 4.78 is 6.09. The Bertz CT molecular complexity index is 1000. The van der Waals surface area contributed by atoms with Crippen LogP contribution < -0.4 is 0 Å². The van der Waals surface area contributed by atoms with Gasteiger partial charge in [-0.3, -0.25) is 14.5 Å². The molecule has 1 aromatic carbocycles. The predicted molar refractivity (Wildman–Crippen MR) is 133 cm³/mol. The zero-order valence-corrected chi connectivity index (χ0v) is 20.5. The first-order valence-electron chi connectivity index (χ1n) is 12.7. The van der Waals surface area contributed by atoms with Crippen LogP contribution in [0.2, 0.25) is 6.32 Å². The Morgan fingerprint density at radius 2 is 1.97 bits per heavy atom. The minimum Gasteiger partial charge on any atom is -0.508 e. The van der Waals surface area contributed by atoms with E-state index >= 15 is 0 Å². The second-order valence-corrected chi connectivity index (χ2v) is 9.99. The number of imide groups is 1. The van der Waals surface area contributed by atoms with Crippen molar-refractivity contribution < 1.29 is 24.4 Å². The molecule has 0 aromatic heterocycles. The molecule has 2 aliphatic heterocycles. The molecule has 2 N–H and O–H groups in total. The smallest absolute Gasteiger partial charge is 0.455 e. The predicted octanol–water partition coefficient (Wildman–Crippen LogP) is 4.58. The number of phenolic OH excluding ortho intramolecular Hbond substituents is 1. The molecule has 2 saturated heterocycles. The van der Waals surface area contributed by atoms with Crippen LogP contribution in [0.4, 0.5) is 0 Å². The van der Waals surface area contributed by atoms with E-state index in [4.69, 9.17) is 4.65 Å². The number of rotatable bonds is 8. The fourth-order valence-corrected chi connectivity index (χ4v) is 6.22. The van der Waals surface area contributed by atoms with E-state index in [1.54, 1.807) is 19.2 Å². The number of fused-ring (bicyclic) bond motifs is 3. The van der Waals surface area contributed by atoms with E-state index in [1.165, 1.54) is 16.0 Å². The van der Waals surface area contributed by atoms with E-state index in [2.05, 4.69) is 19.9 Å². The van der Waals surface area contributed by atoms with Crippen LogP contribution in [-0.4, -0.2) is 47.1 Å². The molecule has 1 aromatic rings. The monoisotopic (exact) mass is 465 g/mol. The third kappa shape index (κ3) is 4.87. The van der Waals surface area contributed by atoms with Crippen LogP contribution in [0.3, 0.4) is 0 Å². The number of carbonyl (C=O) groups is 2. The summed E-state index contributed by atoms with van der Waals surface area (Å²) in [4.78, 5) is 27.1. The largest absolute Gasteiger partial charge is 0.508 e. The highest BCUT2D eigenvalue weighted by Gasteiger charge is 2.56. The van der Waals surface area contributed by atoms with E-state index in [9.17, 15) is 19.7 Å². The summed E-state index contributed by atoms with van der Waals surface area (Å²) >= 11 is 0. The van der Waals surface area contributed by atoms with E-state index in [-0.39, 0.29) is 41.4 Å². The van der Waals surface area contributed by atoms with Crippen LogP contribution >= 0.6 is 0 Å². The number of nitrogens with zero attached hydrogens (tertiary/aromatic N) is 1. The van der Waals surface area contributed by atoms with Crippen molar-refractivity contribution in [2.24, 2.45) is 17.8 Å². The van der Waals surface area contributed by atoms with E-state index < -0.39 is 7.12 Å². The first kappa shape index (κ1) is 24.7. The molecule has 1 aliphatic carbocycles. The molecule has 0 bridgehead atoms. The highest BCUT2D eigenvalue weighted by atomic mass is 16.5. The first-order chi connectivity index (χ1) is 16.3. The van der Waals surface area contributed by atoms with E-state index in [0.717, 1.165) is 49.7 Å². The molecule has 182 valence electrons. The Balaban J connectivity index is 1.62. The van der Waals surface area contributed by atoms with Gasteiger partial charge in [-0.05, 0) is 67.6 Å². The van der Waals surface area contributed by atoms with Crippen LogP contribution in [0.5, 0.6) is 5.75 Å². The van der Waals surface area contributed by atoms with Gasteiger partial charge < -0.3 is 14.8 Å². The van der Waals surface area contributed by atoms with Gasteiger partial charge >= 0.3 is 7.12 Å². The zero-order valence-electron chi connectivity index (χ0n) is 20.5. The fourth-order valence-electron chi connectivity index (χ4n) is 6.22. The fraction of sp³-hybridized carbons (Fsp3) is 0.556. The van der Waals surface area contributed by atoms with Gasteiger partial charge in [0.25, 0.3) is 0 Å². The number of hydrogen-bond acceptors (Lipinski definition) is 5. The van der Waals surface area contributed by atoms with Gasteiger partial charge in [-0.15, -0.1) is 0 Å². The third-order valence-corrected chi connectivity index (χ3v) is 7.62. The second kappa shape index (κ2) is 10.5. The average molecular weight is 465 g/mol. The lowest BCUT2D eigenvalue weighted by Gasteiger charge is -2.43. The van der Waals surface area contributed by atoms with Crippen LogP contribution in [0.1, 0.15) is 64.4 Å². The highest BCUT2D eigenvalue weighted by Crippen LogP contribution is 2.51. The Hall–Kier alpha value is -2.38. The number of aromatic hydroxyl groups is 1. The summed E-state index contributed by atoms with van der Waals surface area (Å²) in [5.74, 6) is -0.777. The molecule has 7 heteroatoms. The SMILES string of the molecule is CCCC1=C2[C@@H](CC/C(=C/c3cccc(O)c3)CCC)OB(O)C[C@@H]2[C@@H]2C(=O)N(C)C(=O)[C@@H]2C1. The summed E-state index contributed by atoms with van der Waals surface area (Å²) in [5, 5.41) is 20.4. The first-order valence-corrected chi connectivity index (χ1v) is 12.7. The molecule has 0 radical (unpaired) electrons. The Kier molecular flexibility index (Phi) is 7.63. The molecule has 0 spiro atoms. The maximum atomic E-state index is 13.0. The summed E-state index contributed by atoms with van der Waals surface area (Å²) in [6.45, 7) is 4.28. The summed E-state index contributed by atoms with van der Waals surface area (Å²) in [7, 11) is 0.650. The maximum absolute atomic E-state index is 13.0. The molecule has 2 amide bonds. The number of amides is 2. The Morgan fingerprint density at radius 3 is 2.68 bits per heavy atom. The molecule has 4 rings (SSSR count). The Labute approximate surface area is 202 Å². The van der Waals surface area contributed by atoms with E-state index in [0.29, 0.717) is 12.7 Å². The minimum absolute atomic E-state index is 0.0838. The van der Waals surface area contributed by atoms with Crippen LogP contribution in [0.15, 0.2) is 41.0 Å². The summed E-state index contributed by atoms with van der Waals surface area (Å²) in [6.07, 6.45) is 8.19. The number of benzene rings is 1. The number of hydrogen-bond donors (Lipinski definition) is 2. The van der Waals surface area contributed by atoms with Crippen molar-refractivity contribution in [1.82, 2.24) is 4.90 Å². The molecule has 0 saturated carbocycles. The number of allylic oxidation sites excluding steroid dienone is 2. The Morgan fingerprint density at radius 1 is 1.18 bits per heavy atom. The van der Waals surface area contributed by atoms with Gasteiger partial charge in [-0.25, -0.2) is 0 Å². The number of carbonyl (C=O) groups excluding carboxylic acids is 2. The molecule has 6 nitrogen and oxygen atoms in total. The van der Waals surface area contributed by atoms with Crippen molar-refractivity contribution in [2.75, 3.05) is 7.05 Å². The van der Waals surface area contributed by atoms with Gasteiger partial charge in [0.1, 0.15) is 5.75 Å².